The van der Waals surface area contributed by atoms with Crippen LogP contribution in [0.3, 0.4) is 0 Å². The van der Waals surface area contributed by atoms with Gasteiger partial charge < -0.3 is 5.32 Å². The monoisotopic (exact) mass is 347 g/mol. The number of rotatable bonds is 4. The van der Waals surface area contributed by atoms with Crippen molar-refractivity contribution in [2.45, 2.75) is 29.5 Å². The Hall–Kier alpha value is -0.770. The van der Waals surface area contributed by atoms with Crippen LogP contribution in [0.25, 0.3) is 0 Å². The van der Waals surface area contributed by atoms with Crippen molar-refractivity contribution in [3.8, 4) is 0 Å². The summed E-state index contributed by atoms with van der Waals surface area (Å²) in [6.45, 7) is 3.19. The number of fused-ring (bicyclic) bond motifs is 1. The molecule has 1 nitrogen and oxygen atoms in total. The zero-order valence-corrected chi connectivity index (χ0v) is 13.9. The molecule has 2 aromatic carbocycles. The quantitative estimate of drug-likeness (QED) is 0.850. The fourth-order valence-corrected chi connectivity index (χ4v) is 4.37. The smallest absolute Gasteiger partial charge is 0.0450 e. The normalized spacial score (nSPS) is 20.9. The van der Waals surface area contributed by atoms with E-state index in [4.69, 9.17) is 0 Å². The van der Waals surface area contributed by atoms with E-state index in [0.29, 0.717) is 11.3 Å². The third-order valence-electron chi connectivity index (χ3n) is 3.71. The third kappa shape index (κ3) is 2.95. The number of thioether (sulfide) groups is 1. The molecule has 0 radical (unpaired) electrons. The summed E-state index contributed by atoms with van der Waals surface area (Å²) in [5.41, 5.74) is 2.97. The average molecular weight is 348 g/mol. The average Bonchev–Trinajstić information content (AvgIpc) is 2.80. The molecule has 0 heterocycles. The number of nitrogens with one attached hydrogen (secondary N) is 1. The van der Waals surface area contributed by atoms with Crippen molar-refractivity contribution in [3.63, 3.8) is 0 Å². The lowest BCUT2D eigenvalue weighted by Gasteiger charge is -2.21. The molecule has 0 saturated carbocycles. The largest absolute Gasteiger partial charge is 0.309 e. The lowest BCUT2D eigenvalue weighted by atomic mass is 10.1. The van der Waals surface area contributed by atoms with Crippen LogP contribution in [0.4, 0.5) is 0 Å². The van der Waals surface area contributed by atoms with E-state index < -0.39 is 0 Å². The molecular formula is C17H18BrNS. The molecule has 0 aromatic heterocycles. The maximum Gasteiger partial charge on any atom is 0.0450 e. The first kappa shape index (κ1) is 14.2. The summed E-state index contributed by atoms with van der Waals surface area (Å²) in [6, 6.07) is 17.9. The van der Waals surface area contributed by atoms with Gasteiger partial charge in [0.25, 0.3) is 0 Å². The first-order valence-corrected chi connectivity index (χ1v) is 8.68. The van der Waals surface area contributed by atoms with Crippen LogP contribution < -0.4 is 5.32 Å². The van der Waals surface area contributed by atoms with Crippen molar-refractivity contribution in [2.75, 3.05) is 6.54 Å². The Kier molecular flexibility index (Phi) is 4.49. The third-order valence-corrected chi connectivity index (χ3v) is 5.52. The second kappa shape index (κ2) is 6.33. The highest BCUT2D eigenvalue weighted by Gasteiger charge is 2.32. The molecule has 3 rings (SSSR count). The van der Waals surface area contributed by atoms with Crippen molar-refractivity contribution < 1.29 is 0 Å². The molecule has 0 aliphatic heterocycles. The SMILES string of the molecule is CCNC1c2ccccc2CC1Sc1ccc(Br)cc1. The second-order valence-corrected chi connectivity index (χ2v) is 7.28. The zero-order chi connectivity index (χ0) is 13.9. The summed E-state index contributed by atoms with van der Waals surface area (Å²) in [7, 11) is 0. The van der Waals surface area contributed by atoms with Crippen molar-refractivity contribution in [1.29, 1.82) is 0 Å². The van der Waals surface area contributed by atoms with Gasteiger partial charge in [0.05, 0.1) is 0 Å². The van der Waals surface area contributed by atoms with Gasteiger partial charge in [0.2, 0.25) is 0 Å². The first-order chi connectivity index (χ1) is 9.78. The van der Waals surface area contributed by atoms with Gasteiger partial charge >= 0.3 is 0 Å². The maximum atomic E-state index is 3.65. The molecule has 2 unspecified atom stereocenters. The van der Waals surface area contributed by atoms with Crippen molar-refractivity contribution in [1.82, 2.24) is 5.32 Å². The Morgan fingerprint density at radius 1 is 1.15 bits per heavy atom. The molecule has 1 aliphatic rings. The van der Waals surface area contributed by atoms with E-state index in [-0.39, 0.29) is 0 Å². The summed E-state index contributed by atoms with van der Waals surface area (Å²) in [6.07, 6.45) is 1.15. The van der Waals surface area contributed by atoms with E-state index in [9.17, 15) is 0 Å². The molecule has 0 bridgehead atoms. The van der Waals surface area contributed by atoms with Gasteiger partial charge in [-0.2, -0.15) is 0 Å². The molecule has 1 N–H and O–H groups in total. The fraction of sp³-hybridized carbons (Fsp3) is 0.294. The molecule has 0 saturated heterocycles. The summed E-state index contributed by atoms with van der Waals surface area (Å²) in [5, 5.41) is 4.23. The summed E-state index contributed by atoms with van der Waals surface area (Å²) in [4.78, 5) is 1.34. The maximum absolute atomic E-state index is 3.65. The Morgan fingerprint density at radius 3 is 2.65 bits per heavy atom. The van der Waals surface area contributed by atoms with E-state index in [0.717, 1.165) is 17.4 Å². The lowest BCUT2D eigenvalue weighted by molar-refractivity contribution is 0.560. The van der Waals surface area contributed by atoms with Crippen LogP contribution in [-0.4, -0.2) is 11.8 Å². The van der Waals surface area contributed by atoms with Gasteiger partial charge in [0, 0.05) is 20.7 Å². The van der Waals surface area contributed by atoms with Gasteiger partial charge in [-0.1, -0.05) is 47.1 Å². The van der Waals surface area contributed by atoms with Crippen LogP contribution in [-0.2, 0) is 6.42 Å². The summed E-state index contributed by atoms with van der Waals surface area (Å²) in [5.74, 6) is 0. The number of halogens is 1. The predicted octanol–water partition coefficient (Wildman–Crippen LogP) is 4.82. The van der Waals surface area contributed by atoms with Crippen LogP contribution in [0.2, 0.25) is 0 Å². The number of benzene rings is 2. The minimum absolute atomic E-state index is 0.463. The van der Waals surface area contributed by atoms with E-state index >= 15 is 0 Å². The predicted molar refractivity (Wildman–Crippen MR) is 90.4 cm³/mol. The Labute approximate surface area is 133 Å². The molecule has 0 amide bonds. The zero-order valence-electron chi connectivity index (χ0n) is 11.5. The molecule has 104 valence electrons. The topological polar surface area (TPSA) is 12.0 Å². The summed E-state index contributed by atoms with van der Waals surface area (Å²) < 4.78 is 1.14. The Morgan fingerprint density at radius 2 is 1.90 bits per heavy atom. The van der Waals surface area contributed by atoms with E-state index in [1.807, 2.05) is 11.8 Å². The highest BCUT2D eigenvalue weighted by molar-refractivity contribution is 9.10. The number of hydrogen-bond acceptors (Lipinski definition) is 2. The van der Waals surface area contributed by atoms with Gasteiger partial charge in [-0.25, -0.2) is 0 Å². The van der Waals surface area contributed by atoms with Crippen LogP contribution in [0.5, 0.6) is 0 Å². The van der Waals surface area contributed by atoms with Crippen LogP contribution in [0, 0.1) is 0 Å². The van der Waals surface area contributed by atoms with E-state index in [1.54, 1.807) is 0 Å². The van der Waals surface area contributed by atoms with E-state index in [1.165, 1.54) is 16.0 Å². The summed E-state index contributed by atoms with van der Waals surface area (Å²) >= 11 is 5.48. The molecule has 0 spiro atoms. The van der Waals surface area contributed by atoms with Gasteiger partial charge in [-0.05, 0) is 48.4 Å². The van der Waals surface area contributed by atoms with Gasteiger partial charge in [-0.15, -0.1) is 11.8 Å². The molecule has 20 heavy (non-hydrogen) atoms. The van der Waals surface area contributed by atoms with Gasteiger partial charge in [0.1, 0.15) is 0 Å². The van der Waals surface area contributed by atoms with Crippen molar-refractivity contribution in [2.24, 2.45) is 0 Å². The minimum atomic E-state index is 0.463. The lowest BCUT2D eigenvalue weighted by Crippen LogP contribution is -2.26. The fourth-order valence-electron chi connectivity index (χ4n) is 2.82. The van der Waals surface area contributed by atoms with Crippen molar-refractivity contribution >= 4 is 27.7 Å². The highest BCUT2D eigenvalue weighted by atomic mass is 79.9. The van der Waals surface area contributed by atoms with Crippen LogP contribution in [0.15, 0.2) is 57.9 Å². The van der Waals surface area contributed by atoms with Crippen molar-refractivity contribution in [3.05, 3.63) is 64.1 Å². The number of hydrogen-bond donors (Lipinski definition) is 1. The van der Waals surface area contributed by atoms with Gasteiger partial charge in [0.15, 0.2) is 0 Å². The Bertz CT molecular complexity index is 582. The Balaban J connectivity index is 1.81. The second-order valence-electron chi connectivity index (χ2n) is 5.05. The van der Waals surface area contributed by atoms with Crippen LogP contribution in [0.1, 0.15) is 24.1 Å². The molecular weight excluding hydrogens is 330 g/mol. The van der Waals surface area contributed by atoms with Gasteiger partial charge in [-0.3, -0.25) is 0 Å². The molecule has 2 atom stereocenters. The standard InChI is InChI=1S/C17H18BrNS/c1-2-19-17-15-6-4-3-5-12(15)11-16(17)20-14-9-7-13(18)8-10-14/h3-10,16-17,19H,2,11H2,1H3. The molecule has 2 aromatic rings. The highest BCUT2D eigenvalue weighted by Crippen LogP contribution is 2.41. The van der Waals surface area contributed by atoms with Crippen LogP contribution >= 0.6 is 27.7 Å². The molecule has 3 heteroatoms. The molecule has 0 fully saturated rings. The minimum Gasteiger partial charge on any atom is -0.309 e. The van der Waals surface area contributed by atoms with E-state index in [2.05, 4.69) is 76.7 Å². The first-order valence-electron chi connectivity index (χ1n) is 7.01. The molecule has 1 aliphatic carbocycles.